The van der Waals surface area contributed by atoms with E-state index >= 15 is 0 Å². The molecule has 92 valence electrons. The number of nitrogens with zero attached hydrogens (tertiary/aromatic N) is 1. The Labute approximate surface area is 104 Å². The third kappa shape index (κ3) is 2.76. The fourth-order valence-electron chi connectivity index (χ4n) is 1.54. The highest BCUT2D eigenvalue weighted by molar-refractivity contribution is 5.90. The molecule has 1 aromatic heterocycles. The lowest BCUT2D eigenvalue weighted by atomic mass is 10.1. The Morgan fingerprint density at radius 1 is 1.33 bits per heavy atom. The summed E-state index contributed by atoms with van der Waals surface area (Å²) in [6.07, 6.45) is 3.35. The molecule has 0 radical (unpaired) electrons. The molecule has 0 saturated carbocycles. The quantitative estimate of drug-likeness (QED) is 0.767. The van der Waals surface area contributed by atoms with E-state index < -0.39 is 5.97 Å². The van der Waals surface area contributed by atoms with Crippen molar-refractivity contribution in [3.05, 3.63) is 53.9 Å². The first-order valence-corrected chi connectivity index (χ1v) is 5.36. The van der Waals surface area contributed by atoms with Gasteiger partial charge in [0.25, 0.3) is 0 Å². The fourth-order valence-corrected chi connectivity index (χ4v) is 1.54. The van der Waals surface area contributed by atoms with Gasteiger partial charge in [-0.15, -0.1) is 0 Å². The maximum atomic E-state index is 10.9. The second-order valence-electron chi connectivity index (χ2n) is 3.75. The average Bonchev–Trinajstić information content (AvgIpc) is 2.38. The smallest absolute Gasteiger partial charge is 0.339 e. The van der Waals surface area contributed by atoms with Crippen molar-refractivity contribution in [1.29, 1.82) is 0 Å². The van der Waals surface area contributed by atoms with Gasteiger partial charge in [-0.25, -0.2) is 4.79 Å². The van der Waals surface area contributed by atoms with Gasteiger partial charge in [0.2, 0.25) is 0 Å². The molecule has 3 N–H and O–H groups in total. The minimum absolute atomic E-state index is 0.0968. The SMILES string of the molecule is O=C(O)c1cc(CNc2cccnc2)ccc1O. The van der Waals surface area contributed by atoms with Crippen LogP contribution in [0, 0.1) is 0 Å². The fraction of sp³-hybridized carbons (Fsp3) is 0.0769. The first kappa shape index (κ1) is 11.9. The number of carboxylic acids is 1. The monoisotopic (exact) mass is 244 g/mol. The highest BCUT2D eigenvalue weighted by Gasteiger charge is 2.09. The van der Waals surface area contributed by atoms with Crippen molar-refractivity contribution in [3.63, 3.8) is 0 Å². The number of nitrogens with one attached hydrogen (secondary N) is 1. The molecule has 0 saturated heterocycles. The maximum absolute atomic E-state index is 10.9. The van der Waals surface area contributed by atoms with Gasteiger partial charge in [-0.05, 0) is 29.8 Å². The number of aromatic nitrogens is 1. The predicted octanol–water partition coefficient (Wildman–Crippen LogP) is 2.10. The first-order chi connectivity index (χ1) is 8.66. The molecule has 5 nitrogen and oxygen atoms in total. The van der Waals surface area contributed by atoms with Crippen LogP contribution < -0.4 is 5.32 Å². The van der Waals surface area contributed by atoms with Crippen LogP contribution in [-0.4, -0.2) is 21.2 Å². The molecule has 0 spiro atoms. The van der Waals surface area contributed by atoms with E-state index in [2.05, 4.69) is 10.3 Å². The second-order valence-corrected chi connectivity index (χ2v) is 3.75. The third-order valence-electron chi connectivity index (χ3n) is 2.45. The number of anilines is 1. The summed E-state index contributed by atoms with van der Waals surface area (Å²) in [5.74, 6) is -1.37. The molecular weight excluding hydrogens is 232 g/mol. The summed E-state index contributed by atoms with van der Waals surface area (Å²) in [5.41, 5.74) is 1.52. The van der Waals surface area contributed by atoms with Crippen molar-refractivity contribution in [1.82, 2.24) is 4.98 Å². The van der Waals surface area contributed by atoms with Crippen molar-refractivity contribution in [2.45, 2.75) is 6.54 Å². The van der Waals surface area contributed by atoms with Gasteiger partial charge >= 0.3 is 5.97 Å². The van der Waals surface area contributed by atoms with Crippen LogP contribution in [0.5, 0.6) is 5.75 Å². The Morgan fingerprint density at radius 2 is 2.17 bits per heavy atom. The van der Waals surface area contributed by atoms with Crippen molar-refractivity contribution in [2.24, 2.45) is 0 Å². The minimum Gasteiger partial charge on any atom is -0.507 e. The van der Waals surface area contributed by atoms with Gasteiger partial charge in [0.15, 0.2) is 0 Å². The van der Waals surface area contributed by atoms with E-state index in [0.717, 1.165) is 11.3 Å². The van der Waals surface area contributed by atoms with Crippen LogP contribution in [0.3, 0.4) is 0 Å². The Kier molecular flexibility index (Phi) is 3.43. The van der Waals surface area contributed by atoms with Gasteiger partial charge in [-0.3, -0.25) is 4.98 Å². The average molecular weight is 244 g/mol. The highest BCUT2D eigenvalue weighted by Crippen LogP contribution is 2.19. The summed E-state index contributed by atoms with van der Waals surface area (Å²) in [7, 11) is 0. The zero-order valence-corrected chi connectivity index (χ0v) is 9.50. The number of aromatic hydroxyl groups is 1. The van der Waals surface area contributed by atoms with Crippen LogP contribution in [-0.2, 0) is 6.54 Å². The third-order valence-corrected chi connectivity index (χ3v) is 2.45. The zero-order chi connectivity index (χ0) is 13.0. The molecule has 5 heteroatoms. The van der Waals surface area contributed by atoms with Gasteiger partial charge in [-0.2, -0.15) is 0 Å². The number of pyridine rings is 1. The van der Waals surface area contributed by atoms with Gasteiger partial charge in [0.1, 0.15) is 11.3 Å². The molecule has 2 aromatic rings. The van der Waals surface area contributed by atoms with E-state index in [-0.39, 0.29) is 11.3 Å². The number of phenols is 1. The van der Waals surface area contributed by atoms with Crippen LogP contribution in [0.4, 0.5) is 5.69 Å². The van der Waals surface area contributed by atoms with Crippen LogP contribution in [0.2, 0.25) is 0 Å². The molecule has 0 bridgehead atoms. The van der Waals surface area contributed by atoms with E-state index in [1.165, 1.54) is 12.1 Å². The molecule has 2 rings (SSSR count). The van der Waals surface area contributed by atoms with Crippen molar-refractivity contribution in [3.8, 4) is 5.75 Å². The van der Waals surface area contributed by atoms with Crippen molar-refractivity contribution < 1.29 is 15.0 Å². The molecule has 1 heterocycles. The molecular formula is C13H12N2O3. The molecule has 0 amide bonds. The summed E-state index contributed by atoms with van der Waals surface area (Å²) in [5, 5.41) is 21.4. The molecule has 0 aliphatic carbocycles. The van der Waals surface area contributed by atoms with Crippen molar-refractivity contribution >= 4 is 11.7 Å². The summed E-state index contributed by atoms with van der Waals surface area (Å²) in [6.45, 7) is 0.465. The molecule has 0 atom stereocenters. The summed E-state index contributed by atoms with van der Waals surface area (Å²) < 4.78 is 0. The van der Waals surface area contributed by atoms with E-state index in [4.69, 9.17) is 5.11 Å². The Hall–Kier alpha value is -2.56. The van der Waals surface area contributed by atoms with Crippen LogP contribution in [0.15, 0.2) is 42.7 Å². The topological polar surface area (TPSA) is 82.5 Å². The molecule has 0 fully saturated rings. The Bertz CT molecular complexity index is 555. The summed E-state index contributed by atoms with van der Waals surface area (Å²) in [6, 6.07) is 8.17. The lowest BCUT2D eigenvalue weighted by Crippen LogP contribution is -2.02. The van der Waals surface area contributed by atoms with Gasteiger partial charge in [0, 0.05) is 18.9 Å². The Balaban J connectivity index is 2.11. The summed E-state index contributed by atoms with van der Waals surface area (Å²) >= 11 is 0. The lowest BCUT2D eigenvalue weighted by molar-refractivity contribution is 0.0693. The molecule has 0 aliphatic heterocycles. The number of benzene rings is 1. The minimum atomic E-state index is -1.14. The van der Waals surface area contributed by atoms with Crippen LogP contribution in [0.25, 0.3) is 0 Å². The van der Waals surface area contributed by atoms with Crippen molar-refractivity contribution in [2.75, 3.05) is 5.32 Å². The number of hydrogen-bond acceptors (Lipinski definition) is 4. The van der Waals surface area contributed by atoms with Gasteiger partial charge < -0.3 is 15.5 Å². The molecule has 1 aromatic carbocycles. The number of hydrogen-bond donors (Lipinski definition) is 3. The Morgan fingerprint density at radius 3 is 2.83 bits per heavy atom. The van der Waals surface area contributed by atoms with Crippen LogP contribution >= 0.6 is 0 Å². The van der Waals surface area contributed by atoms with Crippen LogP contribution in [0.1, 0.15) is 15.9 Å². The number of rotatable bonds is 4. The second kappa shape index (κ2) is 5.18. The normalized spacial score (nSPS) is 10.0. The predicted molar refractivity (Wildman–Crippen MR) is 66.6 cm³/mol. The van der Waals surface area contributed by atoms with Gasteiger partial charge in [-0.1, -0.05) is 6.07 Å². The van der Waals surface area contributed by atoms with E-state index in [1.54, 1.807) is 18.5 Å². The largest absolute Gasteiger partial charge is 0.507 e. The first-order valence-electron chi connectivity index (χ1n) is 5.36. The lowest BCUT2D eigenvalue weighted by Gasteiger charge is -2.07. The number of aromatic carboxylic acids is 1. The number of carboxylic acid groups (broad SMARTS) is 1. The number of carbonyl (C=O) groups is 1. The standard InChI is InChI=1S/C13H12N2O3/c16-12-4-3-9(6-11(12)13(17)18)7-15-10-2-1-5-14-8-10/h1-6,8,15-16H,7H2,(H,17,18). The van der Waals surface area contributed by atoms with E-state index in [1.807, 2.05) is 12.1 Å². The summed E-state index contributed by atoms with van der Waals surface area (Å²) in [4.78, 5) is 14.8. The molecule has 0 aliphatic rings. The van der Waals surface area contributed by atoms with E-state index in [0.29, 0.717) is 6.54 Å². The molecule has 0 unspecified atom stereocenters. The molecule has 18 heavy (non-hydrogen) atoms. The maximum Gasteiger partial charge on any atom is 0.339 e. The zero-order valence-electron chi connectivity index (χ0n) is 9.50. The van der Waals surface area contributed by atoms with E-state index in [9.17, 15) is 9.90 Å². The highest BCUT2D eigenvalue weighted by atomic mass is 16.4. The van der Waals surface area contributed by atoms with Gasteiger partial charge in [0.05, 0.1) is 5.69 Å².